The Bertz CT molecular complexity index is 662. The van der Waals surface area contributed by atoms with Gasteiger partial charge in [0, 0.05) is 0 Å². The first-order valence-corrected chi connectivity index (χ1v) is 8.42. The maximum atomic E-state index is 11.2. The fourth-order valence-electron chi connectivity index (χ4n) is 2.16. The summed E-state index contributed by atoms with van der Waals surface area (Å²) in [7, 11) is 0. The summed E-state index contributed by atoms with van der Waals surface area (Å²) in [6.45, 7) is 2.15. The number of carboxylic acid groups (broad SMARTS) is 1. The predicted molar refractivity (Wildman–Crippen MR) is 101 cm³/mol. The molecule has 0 aliphatic rings. The maximum Gasteiger partial charge on any atom is 0.323 e. The van der Waals surface area contributed by atoms with Gasteiger partial charge in [-0.2, -0.15) is 0 Å². The normalized spacial score (nSPS) is 12.3. The van der Waals surface area contributed by atoms with Crippen molar-refractivity contribution in [3.8, 4) is 0 Å². The summed E-state index contributed by atoms with van der Waals surface area (Å²) in [6, 6.07) is 17.7. The number of nitrogens with two attached hydrogens (primary N) is 2. The number of ether oxygens (including phenoxy) is 1. The van der Waals surface area contributed by atoms with Crippen LogP contribution in [0.15, 0.2) is 60.7 Å². The molecule has 0 fully saturated rings. The SMILES string of the molecule is CCOC(=O)[C@@H](N)Cc1ccccc1.N[C@@H](Cc1ccccc1)C(=O)O. The van der Waals surface area contributed by atoms with Gasteiger partial charge >= 0.3 is 11.9 Å². The van der Waals surface area contributed by atoms with Gasteiger partial charge in [0.2, 0.25) is 0 Å². The number of hydrogen-bond acceptors (Lipinski definition) is 5. The molecule has 0 amide bonds. The molecule has 0 saturated heterocycles. The summed E-state index contributed by atoms with van der Waals surface area (Å²) in [5.74, 6) is -1.30. The summed E-state index contributed by atoms with van der Waals surface area (Å²) in [6.07, 6.45) is 0.913. The number of carboxylic acids is 1. The van der Waals surface area contributed by atoms with Crippen LogP contribution in [0.4, 0.5) is 0 Å². The summed E-state index contributed by atoms with van der Waals surface area (Å²) < 4.78 is 4.81. The Morgan fingerprint density at radius 3 is 1.69 bits per heavy atom. The number of carbonyl (C=O) groups excluding carboxylic acids is 1. The molecule has 0 saturated carbocycles. The van der Waals surface area contributed by atoms with E-state index in [2.05, 4.69) is 0 Å². The van der Waals surface area contributed by atoms with Crippen LogP contribution in [-0.2, 0) is 27.2 Å². The van der Waals surface area contributed by atoms with Crippen LogP contribution in [0.25, 0.3) is 0 Å². The van der Waals surface area contributed by atoms with Gasteiger partial charge in [0.05, 0.1) is 6.61 Å². The van der Waals surface area contributed by atoms with Crippen LogP contribution >= 0.6 is 0 Å². The molecule has 2 aromatic rings. The second kappa shape index (κ2) is 11.8. The molecular formula is C20H26N2O4. The Balaban J connectivity index is 0.000000263. The minimum atomic E-state index is -0.959. The van der Waals surface area contributed by atoms with Crippen LogP contribution in [0.1, 0.15) is 18.1 Å². The Morgan fingerprint density at radius 1 is 0.885 bits per heavy atom. The van der Waals surface area contributed by atoms with Crippen molar-refractivity contribution < 1.29 is 19.4 Å². The van der Waals surface area contributed by atoms with Crippen molar-refractivity contribution in [2.45, 2.75) is 31.8 Å². The lowest BCUT2D eigenvalue weighted by Crippen LogP contribution is -2.34. The van der Waals surface area contributed by atoms with Gasteiger partial charge in [-0.15, -0.1) is 0 Å². The first-order valence-electron chi connectivity index (χ1n) is 8.42. The molecule has 26 heavy (non-hydrogen) atoms. The average Bonchev–Trinajstić information content (AvgIpc) is 2.64. The molecule has 0 bridgehead atoms. The van der Waals surface area contributed by atoms with Gasteiger partial charge < -0.3 is 21.3 Å². The number of hydrogen-bond donors (Lipinski definition) is 3. The predicted octanol–water partition coefficient (Wildman–Crippen LogP) is 1.76. The first kappa shape index (κ1) is 21.3. The highest BCUT2D eigenvalue weighted by Crippen LogP contribution is 2.03. The number of benzene rings is 2. The zero-order chi connectivity index (χ0) is 19.4. The number of esters is 1. The standard InChI is InChI=1S/C11H15NO2.C9H11NO2/c1-2-14-11(13)10(12)8-9-6-4-3-5-7-9;10-8(9(11)12)6-7-4-2-1-3-5-7/h3-7,10H,2,8,12H2,1H3;1-5,8H,6,10H2,(H,11,12)/t10-;8-/m00/s1. The van der Waals surface area contributed by atoms with Gasteiger partial charge in [-0.1, -0.05) is 60.7 Å². The first-order chi connectivity index (χ1) is 12.4. The van der Waals surface area contributed by atoms with Crippen LogP contribution in [-0.4, -0.2) is 35.7 Å². The van der Waals surface area contributed by atoms with E-state index in [4.69, 9.17) is 21.3 Å². The van der Waals surface area contributed by atoms with Crippen molar-refractivity contribution in [1.29, 1.82) is 0 Å². The third kappa shape index (κ3) is 8.41. The third-order valence-corrected chi connectivity index (χ3v) is 3.50. The fourth-order valence-corrected chi connectivity index (χ4v) is 2.16. The molecule has 0 radical (unpaired) electrons. The lowest BCUT2D eigenvalue weighted by atomic mass is 10.1. The lowest BCUT2D eigenvalue weighted by Gasteiger charge is -2.09. The van der Waals surface area contributed by atoms with Crippen LogP contribution < -0.4 is 11.5 Å². The zero-order valence-electron chi connectivity index (χ0n) is 14.9. The Morgan fingerprint density at radius 2 is 1.31 bits per heavy atom. The molecule has 2 aromatic carbocycles. The molecule has 0 heterocycles. The minimum Gasteiger partial charge on any atom is -0.480 e. The number of aliphatic carboxylic acids is 1. The Hall–Kier alpha value is -2.70. The van der Waals surface area contributed by atoms with Crippen molar-refractivity contribution in [2.24, 2.45) is 11.5 Å². The van der Waals surface area contributed by atoms with Crippen LogP contribution in [0.2, 0.25) is 0 Å². The van der Waals surface area contributed by atoms with E-state index in [9.17, 15) is 9.59 Å². The topological polar surface area (TPSA) is 116 Å². The van der Waals surface area contributed by atoms with E-state index in [0.29, 0.717) is 19.4 Å². The molecule has 5 N–H and O–H groups in total. The van der Waals surface area contributed by atoms with E-state index >= 15 is 0 Å². The number of carbonyl (C=O) groups is 2. The second-order valence-electron chi connectivity index (χ2n) is 5.68. The summed E-state index contributed by atoms with van der Waals surface area (Å²) in [5.41, 5.74) is 13.0. The van der Waals surface area contributed by atoms with Crippen LogP contribution in [0.3, 0.4) is 0 Å². The van der Waals surface area contributed by atoms with E-state index in [1.807, 2.05) is 60.7 Å². The van der Waals surface area contributed by atoms with Crippen molar-refractivity contribution >= 4 is 11.9 Å². The highest BCUT2D eigenvalue weighted by Gasteiger charge is 2.14. The van der Waals surface area contributed by atoms with Crippen molar-refractivity contribution in [3.63, 3.8) is 0 Å². The smallest absolute Gasteiger partial charge is 0.323 e. The average molecular weight is 358 g/mol. The van der Waals surface area contributed by atoms with Gasteiger partial charge in [-0.25, -0.2) is 0 Å². The largest absolute Gasteiger partial charge is 0.480 e. The summed E-state index contributed by atoms with van der Waals surface area (Å²) in [4.78, 5) is 21.6. The molecule has 2 rings (SSSR count). The summed E-state index contributed by atoms with van der Waals surface area (Å²) in [5, 5.41) is 8.52. The van der Waals surface area contributed by atoms with Gasteiger partial charge in [0.25, 0.3) is 0 Å². The molecule has 140 valence electrons. The molecule has 6 heteroatoms. The van der Waals surface area contributed by atoms with Crippen LogP contribution in [0.5, 0.6) is 0 Å². The molecule has 0 spiro atoms. The van der Waals surface area contributed by atoms with Gasteiger partial charge in [-0.3, -0.25) is 9.59 Å². The van der Waals surface area contributed by atoms with Crippen molar-refractivity contribution in [2.75, 3.05) is 6.61 Å². The quantitative estimate of drug-likeness (QED) is 0.650. The molecule has 6 nitrogen and oxygen atoms in total. The molecular weight excluding hydrogens is 332 g/mol. The van der Waals surface area contributed by atoms with Crippen molar-refractivity contribution in [1.82, 2.24) is 0 Å². The second-order valence-corrected chi connectivity index (χ2v) is 5.68. The maximum absolute atomic E-state index is 11.2. The van der Waals surface area contributed by atoms with E-state index in [1.165, 1.54) is 0 Å². The Kier molecular flexibility index (Phi) is 9.67. The van der Waals surface area contributed by atoms with Crippen LogP contribution in [0, 0.1) is 0 Å². The van der Waals surface area contributed by atoms with E-state index < -0.39 is 18.1 Å². The third-order valence-electron chi connectivity index (χ3n) is 3.50. The van der Waals surface area contributed by atoms with Gasteiger partial charge in [0.1, 0.15) is 12.1 Å². The Labute approximate surface area is 153 Å². The van der Waals surface area contributed by atoms with Gasteiger partial charge in [0.15, 0.2) is 0 Å². The lowest BCUT2D eigenvalue weighted by molar-refractivity contribution is -0.144. The monoisotopic (exact) mass is 358 g/mol. The minimum absolute atomic E-state index is 0.337. The molecule has 2 atom stereocenters. The highest BCUT2D eigenvalue weighted by atomic mass is 16.5. The van der Waals surface area contributed by atoms with E-state index in [1.54, 1.807) is 6.92 Å². The molecule has 0 aliphatic carbocycles. The van der Waals surface area contributed by atoms with Gasteiger partial charge in [-0.05, 0) is 30.9 Å². The zero-order valence-corrected chi connectivity index (χ0v) is 14.9. The molecule has 0 aromatic heterocycles. The van der Waals surface area contributed by atoms with Crippen molar-refractivity contribution in [3.05, 3.63) is 71.8 Å². The fraction of sp³-hybridized carbons (Fsp3) is 0.300. The van der Waals surface area contributed by atoms with E-state index in [-0.39, 0.29) is 5.97 Å². The van der Waals surface area contributed by atoms with E-state index in [0.717, 1.165) is 11.1 Å². The number of rotatable bonds is 7. The highest BCUT2D eigenvalue weighted by molar-refractivity contribution is 5.75. The molecule has 0 aliphatic heterocycles. The molecule has 0 unspecified atom stereocenters. The summed E-state index contributed by atoms with van der Waals surface area (Å²) >= 11 is 0.